The number of nitrogens with zero attached hydrogens (tertiary/aromatic N) is 1. The predicted octanol–water partition coefficient (Wildman–Crippen LogP) is 8.64. The van der Waals surface area contributed by atoms with Gasteiger partial charge in [0.05, 0.1) is 27.1 Å². The number of aromatic carboxylic acids is 1. The van der Waals surface area contributed by atoms with Gasteiger partial charge >= 0.3 is 5.97 Å². The zero-order chi connectivity index (χ0) is 27.7. The molecule has 0 aliphatic rings. The molecule has 0 aliphatic heterocycles. The zero-order valence-electron chi connectivity index (χ0n) is 19.6. The summed E-state index contributed by atoms with van der Waals surface area (Å²) in [6.45, 7) is 3.92. The molecule has 0 unspecified atom stereocenters. The Morgan fingerprint density at radius 2 is 1.61 bits per heavy atom. The van der Waals surface area contributed by atoms with Gasteiger partial charge in [-0.05, 0) is 113 Å². The van der Waals surface area contributed by atoms with E-state index in [-0.39, 0.29) is 27.3 Å². The topological polar surface area (TPSA) is 108 Å². The summed E-state index contributed by atoms with van der Waals surface area (Å²) in [6, 6.07) is 11.1. The van der Waals surface area contributed by atoms with Crippen molar-refractivity contribution in [3.8, 4) is 0 Å². The first-order valence-corrected chi connectivity index (χ1v) is 15.7. The van der Waals surface area contributed by atoms with Crippen LogP contribution in [-0.2, 0) is 4.79 Å². The summed E-state index contributed by atoms with van der Waals surface area (Å²) in [5.74, 6) is -1.76. The second kappa shape index (κ2) is 12.2. The van der Waals surface area contributed by atoms with Gasteiger partial charge in [0.25, 0.3) is 5.91 Å². The highest BCUT2D eigenvalue weighted by Gasteiger charge is 2.28. The highest BCUT2D eigenvalue weighted by molar-refractivity contribution is 9.15. The summed E-state index contributed by atoms with van der Waals surface area (Å²) in [4.78, 5) is 42.2. The van der Waals surface area contributed by atoms with Crippen LogP contribution in [0, 0.1) is 13.8 Å². The summed E-state index contributed by atoms with van der Waals surface area (Å²) < 4.78 is 3.05. The lowest BCUT2D eigenvalue weighted by molar-refractivity contribution is -0.113. The molecule has 0 atom stereocenters. The van der Waals surface area contributed by atoms with Crippen LogP contribution in [0.4, 0.5) is 11.4 Å². The van der Waals surface area contributed by atoms with Gasteiger partial charge in [-0.1, -0.05) is 23.9 Å². The molecule has 0 saturated carbocycles. The number of carbonyl (C=O) groups excluding carboxylic acids is 2. The number of carboxylic acids is 1. The molecule has 0 saturated heterocycles. The Balaban J connectivity index is 1.50. The molecule has 1 aromatic heterocycles. The highest BCUT2D eigenvalue weighted by Crippen LogP contribution is 2.42. The van der Waals surface area contributed by atoms with Gasteiger partial charge in [-0.3, -0.25) is 9.59 Å². The summed E-state index contributed by atoms with van der Waals surface area (Å²) >= 11 is 16.0. The van der Waals surface area contributed by atoms with E-state index in [4.69, 9.17) is 0 Å². The molecule has 3 N–H and O–H groups in total. The second-order valence-electron chi connectivity index (χ2n) is 8.08. The molecule has 38 heavy (non-hydrogen) atoms. The van der Waals surface area contributed by atoms with Crippen LogP contribution < -0.4 is 10.6 Å². The Morgan fingerprint density at radius 1 is 0.921 bits per heavy atom. The first-order chi connectivity index (χ1) is 18.0. The molecule has 0 fully saturated rings. The zero-order valence-corrected chi connectivity index (χ0v) is 27.6. The van der Waals surface area contributed by atoms with Gasteiger partial charge in [-0.15, -0.1) is 11.3 Å². The number of carboxylic acid groups (broad SMARTS) is 1. The van der Waals surface area contributed by atoms with Crippen LogP contribution in [0.2, 0.25) is 0 Å². The average molecular weight is 807 g/mol. The minimum Gasteiger partial charge on any atom is -0.478 e. The number of amides is 2. The van der Waals surface area contributed by atoms with Crippen molar-refractivity contribution in [3.05, 3.63) is 76.5 Å². The van der Waals surface area contributed by atoms with Crippen molar-refractivity contribution in [1.29, 1.82) is 0 Å². The molecule has 2 amide bonds. The van der Waals surface area contributed by atoms with Gasteiger partial charge in [0.2, 0.25) is 5.91 Å². The van der Waals surface area contributed by atoms with Crippen molar-refractivity contribution in [2.45, 2.75) is 18.2 Å². The first-order valence-electron chi connectivity index (χ1n) is 10.8. The third kappa shape index (κ3) is 6.34. The fourth-order valence-corrected chi connectivity index (χ4v) is 7.84. The highest BCUT2D eigenvalue weighted by atomic mass is 79.9. The molecule has 4 aromatic rings. The van der Waals surface area contributed by atoms with Crippen molar-refractivity contribution in [2.24, 2.45) is 0 Å². The van der Waals surface area contributed by atoms with Gasteiger partial charge in [0, 0.05) is 29.3 Å². The Labute approximate surface area is 259 Å². The average Bonchev–Trinajstić information content (AvgIpc) is 3.27. The molecule has 3 aromatic carbocycles. The summed E-state index contributed by atoms with van der Waals surface area (Å²) in [7, 11) is 0. The fourth-order valence-electron chi connectivity index (χ4n) is 3.47. The maximum Gasteiger partial charge on any atom is 0.337 e. The maximum absolute atomic E-state index is 13.2. The van der Waals surface area contributed by atoms with Gasteiger partial charge < -0.3 is 15.7 Å². The number of thiazole rings is 1. The third-order valence-corrected chi connectivity index (χ3v) is 12.3. The number of rotatable bonds is 7. The molecule has 0 bridgehead atoms. The molecule has 4 rings (SSSR count). The van der Waals surface area contributed by atoms with Crippen LogP contribution >= 0.6 is 86.8 Å². The van der Waals surface area contributed by atoms with Crippen LogP contribution in [-0.4, -0.2) is 33.6 Å². The van der Waals surface area contributed by atoms with E-state index in [1.807, 2.05) is 32.0 Å². The SMILES string of the molecule is Cc1ccc(C)c(NC(=O)CSc2nc3ccc(NC(=O)c4c(Br)c(Br)c(Br)c(Br)c4C(=O)O)cc3s2)c1. The van der Waals surface area contributed by atoms with Crippen LogP contribution in [0.5, 0.6) is 0 Å². The normalized spacial score (nSPS) is 11.0. The molecular weight excluding hydrogens is 790 g/mol. The predicted molar refractivity (Wildman–Crippen MR) is 167 cm³/mol. The quantitative estimate of drug-likeness (QED) is 0.0981. The number of aromatic nitrogens is 1. The van der Waals surface area contributed by atoms with Gasteiger partial charge in [-0.2, -0.15) is 0 Å². The van der Waals surface area contributed by atoms with Crippen molar-refractivity contribution in [2.75, 3.05) is 16.4 Å². The van der Waals surface area contributed by atoms with E-state index in [1.54, 1.807) is 18.2 Å². The molecule has 13 heteroatoms. The number of hydrogen-bond acceptors (Lipinski definition) is 6. The van der Waals surface area contributed by atoms with E-state index in [0.717, 1.165) is 31.4 Å². The number of fused-ring (bicyclic) bond motifs is 1. The van der Waals surface area contributed by atoms with Crippen LogP contribution in [0.15, 0.2) is 58.6 Å². The van der Waals surface area contributed by atoms with E-state index in [9.17, 15) is 19.5 Å². The molecular formula is C25H17Br4N3O4S2. The number of anilines is 2. The largest absolute Gasteiger partial charge is 0.478 e. The lowest BCUT2D eigenvalue weighted by Crippen LogP contribution is -2.18. The number of halogens is 4. The van der Waals surface area contributed by atoms with Gasteiger partial charge in [0.1, 0.15) is 0 Å². The standard InChI is InChI=1S/C25H17Br4N3O4S2/c1-10-3-4-11(2)14(7-10)31-16(33)9-37-25-32-13-6-5-12(8-15(13)38-25)30-23(34)17-18(24(35)36)20(27)22(29)21(28)19(17)26/h3-8H,9H2,1-2H3,(H,30,34)(H,31,33)(H,35,36). The molecule has 0 spiro atoms. The Kier molecular flexibility index (Phi) is 9.36. The number of thioether (sulfide) groups is 1. The minimum absolute atomic E-state index is 0.0324. The van der Waals surface area contributed by atoms with Crippen LogP contribution in [0.3, 0.4) is 0 Å². The van der Waals surface area contributed by atoms with E-state index in [0.29, 0.717) is 19.1 Å². The van der Waals surface area contributed by atoms with E-state index in [1.165, 1.54) is 23.1 Å². The van der Waals surface area contributed by atoms with E-state index in [2.05, 4.69) is 79.3 Å². The van der Waals surface area contributed by atoms with Crippen molar-refractivity contribution < 1.29 is 19.5 Å². The third-order valence-electron chi connectivity index (χ3n) is 5.33. The summed E-state index contributed by atoms with van der Waals surface area (Å²) in [6.07, 6.45) is 0. The molecule has 196 valence electrons. The van der Waals surface area contributed by atoms with Crippen LogP contribution in [0.1, 0.15) is 31.8 Å². The smallest absolute Gasteiger partial charge is 0.337 e. The Bertz CT molecular complexity index is 1620. The van der Waals surface area contributed by atoms with E-state index >= 15 is 0 Å². The van der Waals surface area contributed by atoms with Crippen molar-refractivity contribution in [3.63, 3.8) is 0 Å². The molecule has 0 radical (unpaired) electrons. The van der Waals surface area contributed by atoms with Crippen molar-refractivity contribution in [1.82, 2.24) is 4.98 Å². The second-order valence-corrected chi connectivity index (χ2v) is 13.5. The van der Waals surface area contributed by atoms with Gasteiger partial charge in [-0.25, -0.2) is 9.78 Å². The lowest BCUT2D eigenvalue weighted by atomic mass is 10.1. The molecule has 0 aliphatic carbocycles. The van der Waals surface area contributed by atoms with Gasteiger partial charge in [0.15, 0.2) is 4.34 Å². The first kappa shape index (κ1) is 29.2. The fraction of sp³-hybridized carbons (Fsp3) is 0.120. The monoisotopic (exact) mass is 803 g/mol. The summed E-state index contributed by atoms with van der Waals surface area (Å²) in [5.41, 5.74) is 3.85. The maximum atomic E-state index is 13.2. The Hall–Kier alpha value is -1.77. The molecule has 7 nitrogen and oxygen atoms in total. The van der Waals surface area contributed by atoms with E-state index < -0.39 is 11.9 Å². The minimum atomic E-state index is -1.25. The number of nitrogens with one attached hydrogen (secondary N) is 2. The number of hydrogen-bond donors (Lipinski definition) is 3. The summed E-state index contributed by atoms with van der Waals surface area (Å²) in [5, 5.41) is 15.5. The molecule has 1 heterocycles. The Morgan fingerprint density at radius 3 is 2.29 bits per heavy atom. The number of aryl methyl sites for hydroxylation is 2. The van der Waals surface area contributed by atoms with Crippen LogP contribution in [0.25, 0.3) is 10.2 Å². The van der Waals surface area contributed by atoms with Crippen molar-refractivity contribution >= 4 is 126 Å². The lowest BCUT2D eigenvalue weighted by Gasteiger charge is -2.14. The number of benzene rings is 3. The number of carbonyl (C=O) groups is 3.